The van der Waals surface area contributed by atoms with Crippen molar-refractivity contribution in [2.75, 3.05) is 17.2 Å². The molecular formula is C22H21IN2O3S. The molecule has 7 heteroatoms. The Hall–Kier alpha value is -2.39. The highest BCUT2D eigenvalue weighted by Crippen LogP contribution is 2.29. The van der Waals surface area contributed by atoms with Gasteiger partial charge in [-0.1, -0.05) is 18.2 Å². The molecule has 0 radical (unpaired) electrons. The van der Waals surface area contributed by atoms with Crippen molar-refractivity contribution >= 4 is 49.7 Å². The highest BCUT2D eigenvalue weighted by atomic mass is 127. The monoisotopic (exact) mass is 520 g/mol. The predicted octanol–water partition coefficient (Wildman–Crippen LogP) is 4.79. The van der Waals surface area contributed by atoms with E-state index < -0.39 is 9.84 Å². The first kappa shape index (κ1) is 21.3. The maximum Gasteiger partial charge on any atom is 0.243 e. The van der Waals surface area contributed by atoms with Gasteiger partial charge in [-0.3, -0.25) is 4.79 Å². The molecule has 0 aliphatic heterocycles. The number of benzene rings is 3. The van der Waals surface area contributed by atoms with E-state index in [1.54, 1.807) is 49.4 Å². The molecule has 0 atom stereocenters. The molecule has 0 unspecified atom stereocenters. The van der Waals surface area contributed by atoms with Crippen LogP contribution in [0.25, 0.3) is 0 Å². The molecule has 5 nitrogen and oxygen atoms in total. The lowest BCUT2D eigenvalue weighted by molar-refractivity contribution is -0.114. The van der Waals surface area contributed by atoms with Crippen LogP contribution in [0, 0.1) is 17.4 Å². The van der Waals surface area contributed by atoms with Crippen LogP contribution in [0.1, 0.15) is 11.1 Å². The van der Waals surface area contributed by atoms with Gasteiger partial charge in [0.25, 0.3) is 0 Å². The molecule has 1 amide bonds. The lowest BCUT2D eigenvalue weighted by Gasteiger charge is -2.15. The van der Waals surface area contributed by atoms with E-state index in [-0.39, 0.29) is 22.2 Å². The first-order valence-corrected chi connectivity index (χ1v) is 11.5. The van der Waals surface area contributed by atoms with Crippen LogP contribution >= 0.6 is 22.6 Å². The normalized spacial score (nSPS) is 11.1. The summed E-state index contributed by atoms with van der Waals surface area (Å²) in [6.45, 7) is 3.71. The average Bonchev–Trinajstić information content (AvgIpc) is 2.71. The van der Waals surface area contributed by atoms with Crippen molar-refractivity contribution in [2.24, 2.45) is 0 Å². The van der Waals surface area contributed by atoms with Crippen LogP contribution < -0.4 is 10.6 Å². The summed E-state index contributed by atoms with van der Waals surface area (Å²) in [4.78, 5) is 12.7. The van der Waals surface area contributed by atoms with E-state index in [1.165, 1.54) is 0 Å². The highest BCUT2D eigenvalue weighted by Gasteiger charge is 2.21. The number of rotatable bonds is 6. The molecule has 0 saturated heterocycles. The number of hydrogen-bond donors (Lipinski definition) is 2. The SMILES string of the molecule is Cc1c(NCC(=O)Nc2ccc(I)cc2)ccc(S(=O)(=O)c2ccccc2)c1C. The van der Waals surface area contributed by atoms with Crippen molar-refractivity contribution in [1.29, 1.82) is 0 Å². The fourth-order valence-corrected chi connectivity index (χ4v) is 4.85. The zero-order valence-electron chi connectivity index (χ0n) is 16.1. The summed E-state index contributed by atoms with van der Waals surface area (Å²) < 4.78 is 26.9. The lowest BCUT2D eigenvalue weighted by Crippen LogP contribution is -2.22. The van der Waals surface area contributed by atoms with Crippen molar-refractivity contribution in [3.05, 3.63) is 81.4 Å². The molecule has 0 aromatic heterocycles. The Morgan fingerprint density at radius 1 is 0.897 bits per heavy atom. The first-order valence-electron chi connectivity index (χ1n) is 8.98. The molecule has 0 bridgehead atoms. The van der Waals surface area contributed by atoms with Crippen molar-refractivity contribution in [3.63, 3.8) is 0 Å². The summed E-state index contributed by atoms with van der Waals surface area (Å²) in [5.41, 5.74) is 2.92. The average molecular weight is 520 g/mol. The summed E-state index contributed by atoms with van der Waals surface area (Å²) in [7, 11) is -3.59. The van der Waals surface area contributed by atoms with E-state index >= 15 is 0 Å². The van der Waals surface area contributed by atoms with E-state index in [4.69, 9.17) is 0 Å². The van der Waals surface area contributed by atoms with Gasteiger partial charge in [-0.15, -0.1) is 0 Å². The molecule has 3 aromatic rings. The number of nitrogens with one attached hydrogen (secondary N) is 2. The Morgan fingerprint density at radius 2 is 1.55 bits per heavy atom. The summed E-state index contributed by atoms with van der Waals surface area (Å²) in [6.07, 6.45) is 0. The maximum absolute atomic E-state index is 12.9. The lowest BCUT2D eigenvalue weighted by atomic mass is 10.1. The van der Waals surface area contributed by atoms with Gasteiger partial charge in [0, 0.05) is 14.9 Å². The molecule has 2 N–H and O–H groups in total. The quantitative estimate of drug-likeness (QED) is 0.459. The molecule has 150 valence electrons. The first-order chi connectivity index (χ1) is 13.8. The van der Waals surface area contributed by atoms with E-state index in [9.17, 15) is 13.2 Å². The van der Waals surface area contributed by atoms with E-state index in [0.29, 0.717) is 5.56 Å². The third-order valence-electron chi connectivity index (χ3n) is 4.65. The van der Waals surface area contributed by atoms with E-state index in [1.807, 2.05) is 31.2 Å². The summed E-state index contributed by atoms with van der Waals surface area (Å²) in [5, 5.41) is 5.93. The van der Waals surface area contributed by atoms with Crippen LogP contribution in [0.2, 0.25) is 0 Å². The summed E-state index contributed by atoms with van der Waals surface area (Å²) in [5.74, 6) is -0.177. The Morgan fingerprint density at radius 3 is 2.21 bits per heavy atom. The van der Waals surface area contributed by atoms with Crippen LogP contribution in [0.3, 0.4) is 0 Å². The van der Waals surface area contributed by atoms with Crippen LogP contribution in [0.4, 0.5) is 11.4 Å². The van der Waals surface area contributed by atoms with Crippen molar-refractivity contribution in [3.8, 4) is 0 Å². The van der Waals surface area contributed by atoms with Gasteiger partial charge in [-0.05, 0) is 96.1 Å². The molecule has 0 saturated carbocycles. The zero-order valence-corrected chi connectivity index (χ0v) is 19.0. The van der Waals surface area contributed by atoms with Gasteiger partial charge >= 0.3 is 0 Å². The van der Waals surface area contributed by atoms with Crippen LogP contribution in [0.15, 0.2) is 76.5 Å². The zero-order chi connectivity index (χ0) is 21.0. The van der Waals surface area contributed by atoms with Gasteiger partial charge in [0.2, 0.25) is 15.7 Å². The topological polar surface area (TPSA) is 75.3 Å². The van der Waals surface area contributed by atoms with Crippen molar-refractivity contribution in [2.45, 2.75) is 23.6 Å². The van der Waals surface area contributed by atoms with Gasteiger partial charge < -0.3 is 10.6 Å². The molecule has 3 aromatic carbocycles. The largest absolute Gasteiger partial charge is 0.376 e. The summed E-state index contributed by atoms with van der Waals surface area (Å²) in [6, 6.07) is 19.2. The van der Waals surface area contributed by atoms with Gasteiger partial charge in [-0.25, -0.2) is 8.42 Å². The van der Waals surface area contributed by atoms with Crippen LogP contribution in [-0.4, -0.2) is 20.9 Å². The van der Waals surface area contributed by atoms with Gasteiger partial charge in [0.05, 0.1) is 16.3 Å². The molecule has 3 rings (SSSR count). The molecule has 29 heavy (non-hydrogen) atoms. The van der Waals surface area contributed by atoms with Crippen LogP contribution in [-0.2, 0) is 14.6 Å². The number of sulfone groups is 1. The van der Waals surface area contributed by atoms with Crippen molar-refractivity contribution in [1.82, 2.24) is 0 Å². The van der Waals surface area contributed by atoms with Gasteiger partial charge in [0.1, 0.15) is 0 Å². The minimum absolute atomic E-state index is 0.0804. The predicted molar refractivity (Wildman–Crippen MR) is 124 cm³/mol. The third-order valence-corrected chi connectivity index (χ3v) is 7.28. The smallest absolute Gasteiger partial charge is 0.243 e. The molecule has 0 aliphatic carbocycles. The fourth-order valence-electron chi connectivity index (χ4n) is 2.92. The maximum atomic E-state index is 12.9. The van der Waals surface area contributed by atoms with Crippen LogP contribution in [0.5, 0.6) is 0 Å². The molecule has 0 spiro atoms. The standard InChI is InChI=1S/C22H21IN2O3S/c1-15-16(2)21(29(27,28)19-6-4-3-5-7-19)13-12-20(15)24-14-22(26)25-18-10-8-17(23)9-11-18/h3-13,24H,14H2,1-2H3,(H,25,26). The third kappa shape index (κ3) is 4.97. The number of anilines is 2. The molecule has 0 heterocycles. The minimum atomic E-state index is -3.59. The Labute approximate surface area is 184 Å². The number of carbonyl (C=O) groups is 1. The Balaban J connectivity index is 1.74. The fraction of sp³-hybridized carbons (Fsp3) is 0.136. The summed E-state index contributed by atoms with van der Waals surface area (Å²) >= 11 is 2.20. The van der Waals surface area contributed by atoms with E-state index in [2.05, 4.69) is 33.2 Å². The molecular weight excluding hydrogens is 499 g/mol. The number of amides is 1. The second-order valence-corrected chi connectivity index (χ2v) is 9.75. The van der Waals surface area contributed by atoms with E-state index in [0.717, 1.165) is 20.5 Å². The second kappa shape index (κ2) is 8.96. The van der Waals surface area contributed by atoms with Crippen molar-refractivity contribution < 1.29 is 13.2 Å². The Kier molecular flexibility index (Phi) is 6.59. The second-order valence-electron chi connectivity index (χ2n) is 6.59. The number of hydrogen-bond acceptors (Lipinski definition) is 4. The number of carbonyl (C=O) groups excluding carboxylic acids is 1. The molecule has 0 aliphatic rings. The molecule has 0 fully saturated rings. The van der Waals surface area contributed by atoms with Gasteiger partial charge in [-0.2, -0.15) is 0 Å². The number of halogens is 1. The minimum Gasteiger partial charge on any atom is -0.376 e. The van der Waals surface area contributed by atoms with Gasteiger partial charge in [0.15, 0.2) is 0 Å². The highest BCUT2D eigenvalue weighted by molar-refractivity contribution is 14.1. The Bertz CT molecular complexity index is 1130.